The molecule has 0 bridgehead atoms. The van der Waals surface area contributed by atoms with Crippen LogP contribution in [0.5, 0.6) is 0 Å². The highest BCUT2D eigenvalue weighted by molar-refractivity contribution is 4.64. The Kier molecular flexibility index (Phi) is 6.38. The average molecular weight is 200 g/mol. The molecular formula is C12H28N2. The van der Waals surface area contributed by atoms with Gasteiger partial charge in [0.25, 0.3) is 0 Å². The Morgan fingerprint density at radius 1 is 1.07 bits per heavy atom. The van der Waals surface area contributed by atoms with Crippen LogP contribution in [-0.4, -0.2) is 12.6 Å². The molecule has 1 unspecified atom stereocenters. The van der Waals surface area contributed by atoms with Crippen molar-refractivity contribution < 1.29 is 0 Å². The molecule has 0 amide bonds. The van der Waals surface area contributed by atoms with Gasteiger partial charge in [-0.2, -0.15) is 0 Å². The molecule has 2 heteroatoms. The summed E-state index contributed by atoms with van der Waals surface area (Å²) < 4.78 is 0. The molecule has 0 saturated heterocycles. The lowest BCUT2D eigenvalue weighted by molar-refractivity contribution is 0.329. The first-order valence-corrected chi connectivity index (χ1v) is 5.79. The Labute approximate surface area is 89.8 Å². The monoisotopic (exact) mass is 200 g/mol. The summed E-state index contributed by atoms with van der Waals surface area (Å²) in [6.07, 6.45) is 2.43. The molecule has 0 aliphatic heterocycles. The molecule has 2 N–H and O–H groups in total. The van der Waals surface area contributed by atoms with Crippen molar-refractivity contribution in [3.8, 4) is 0 Å². The first kappa shape index (κ1) is 13.9. The average Bonchev–Trinajstić information content (AvgIpc) is 1.95. The normalized spacial score (nSPS) is 14.8. The van der Waals surface area contributed by atoms with Gasteiger partial charge in [0.05, 0.1) is 0 Å². The van der Waals surface area contributed by atoms with Crippen molar-refractivity contribution in [3.63, 3.8) is 0 Å². The van der Waals surface area contributed by atoms with Crippen LogP contribution in [0.4, 0.5) is 0 Å². The molecule has 14 heavy (non-hydrogen) atoms. The fourth-order valence-electron chi connectivity index (χ4n) is 1.45. The number of nitrogens with one attached hydrogen (secondary N) is 2. The van der Waals surface area contributed by atoms with Crippen LogP contribution >= 0.6 is 0 Å². The summed E-state index contributed by atoms with van der Waals surface area (Å²) in [7, 11) is 0. The van der Waals surface area contributed by atoms with Gasteiger partial charge < -0.3 is 0 Å². The zero-order chi connectivity index (χ0) is 11.2. The summed E-state index contributed by atoms with van der Waals surface area (Å²) in [5.74, 6) is 0.766. The van der Waals surface area contributed by atoms with E-state index in [1.807, 2.05) is 0 Å². The maximum Gasteiger partial charge on any atom is 0.0187 e. The largest absolute Gasteiger partial charge is 0.258 e. The predicted octanol–water partition coefficient (Wildman–Crippen LogP) is 2.95. The van der Waals surface area contributed by atoms with Gasteiger partial charge in [-0.1, -0.05) is 34.6 Å². The second-order valence-corrected chi connectivity index (χ2v) is 5.91. The summed E-state index contributed by atoms with van der Waals surface area (Å²) in [5.41, 5.74) is 7.06. The fourth-order valence-corrected chi connectivity index (χ4v) is 1.45. The van der Waals surface area contributed by atoms with Crippen molar-refractivity contribution in [2.75, 3.05) is 6.54 Å². The van der Waals surface area contributed by atoms with E-state index in [-0.39, 0.29) is 0 Å². The summed E-state index contributed by atoms with van der Waals surface area (Å²) >= 11 is 0. The summed E-state index contributed by atoms with van der Waals surface area (Å²) in [4.78, 5) is 0. The van der Waals surface area contributed by atoms with Crippen molar-refractivity contribution in [1.29, 1.82) is 0 Å². The standard InChI is InChI=1S/C12H28N2/c1-10(2)9-11(3)14-13-8-7-12(4,5)6/h10-11,13-14H,7-9H2,1-6H3. The Balaban J connectivity index is 3.36. The van der Waals surface area contributed by atoms with Crippen LogP contribution < -0.4 is 10.9 Å². The van der Waals surface area contributed by atoms with E-state index < -0.39 is 0 Å². The summed E-state index contributed by atoms with van der Waals surface area (Å²) in [6, 6.07) is 0.565. The summed E-state index contributed by atoms with van der Waals surface area (Å²) in [5, 5.41) is 0. The third kappa shape index (κ3) is 10.0. The van der Waals surface area contributed by atoms with Crippen LogP contribution in [0.1, 0.15) is 54.4 Å². The van der Waals surface area contributed by atoms with Gasteiger partial charge in [0.1, 0.15) is 0 Å². The Bertz CT molecular complexity index is 136. The lowest BCUT2D eigenvalue weighted by Gasteiger charge is -2.21. The molecule has 0 fully saturated rings. The van der Waals surface area contributed by atoms with Crippen LogP contribution in [0, 0.1) is 11.3 Å². The Morgan fingerprint density at radius 3 is 2.07 bits per heavy atom. The van der Waals surface area contributed by atoms with E-state index in [0.717, 1.165) is 12.5 Å². The minimum absolute atomic E-state index is 0.427. The minimum atomic E-state index is 0.427. The first-order valence-electron chi connectivity index (χ1n) is 5.79. The predicted molar refractivity (Wildman–Crippen MR) is 64.1 cm³/mol. The van der Waals surface area contributed by atoms with Gasteiger partial charge >= 0.3 is 0 Å². The number of rotatable bonds is 6. The van der Waals surface area contributed by atoms with Gasteiger partial charge in [0.15, 0.2) is 0 Å². The second-order valence-electron chi connectivity index (χ2n) is 5.91. The zero-order valence-corrected chi connectivity index (χ0v) is 10.8. The quantitative estimate of drug-likeness (QED) is 0.509. The first-order chi connectivity index (χ1) is 6.31. The van der Waals surface area contributed by atoms with Crippen molar-refractivity contribution in [2.24, 2.45) is 11.3 Å². The molecule has 0 aliphatic rings. The van der Waals surface area contributed by atoms with Crippen LogP contribution in [0.2, 0.25) is 0 Å². The topological polar surface area (TPSA) is 24.1 Å². The second kappa shape index (κ2) is 6.41. The molecule has 0 aromatic rings. The number of hydrogen-bond acceptors (Lipinski definition) is 2. The van der Waals surface area contributed by atoms with Gasteiger partial charge in [-0.25, -0.2) is 0 Å². The molecule has 1 atom stereocenters. The zero-order valence-electron chi connectivity index (χ0n) is 10.8. The van der Waals surface area contributed by atoms with Gasteiger partial charge in [0.2, 0.25) is 0 Å². The van der Waals surface area contributed by atoms with Crippen molar-refractivity contribution in [2.45, 2.75) is 60.4 Å². The van der Waals surface area contributed by atoms with Gasteiger partial charge in [-0.05, 0) is 31.1 Å². The van der Waals surface area contributed by atoms with Crippen LogP contribution in [0.15, 0.2) is 0 Å². The number of hydrazine groups is 1. The van der Waals surface area contributed by atoms with Gasteiger partial charge in [-0.15, -0.1) is 0 Å². The molecule has 0 saturated carbocycles. The molecule has 0 aromatic heterocycles. The van der Waals surface area contributed by atoms with Crippen molar-refractivity contribution in [3.05, 3.63) is 0 Å². The SMILES string of the molecule is CC(C)CC(C)NNCCC(C)(C)C. The smallest absolute Gasteiger partial charge is 0.0187 e. The molecule has 0 heterocycles. The van der Waals surface area contributed by atoms with E-state index in [0.29, 0.717) is 11.5 Å². The highest BCUT2D eigenvalue weighted by Gasteiger charge is 2.09. The number of hydrogen-bond donors (Lipinski definition) is 2. The molecule has 86 valence electrons. The highest BCUT2D eigenvalue weighted by Crippen LogP contribution is 2.16. The Morgan fingerprint density at radius 2 is 1.64 bits per heavy atom. The van der Waals surface area contributed by atoms with E-state index in [1.54, 1.807) is 0 Å². The third-order valence-electron chi connectivity index (χ3n) is 2.17. The van der Waals surface area contributed by atoms with Crippen molar-refractivity contribution in [1.82, 2.24) is 10.9 Å². The van der Waals surface area contributed by atoms with E-state index in [4.69, 9.17) is 0 Å². The van der Waals surface area contributed by atoms with Gasteiger partial charge in [-0.3, -0.25) is 10.9 Å². The van der Waals surface area contributed by atoms with Crippen molar-refractivity contribution >= 4 is 0 Å². The Hall–Kier alpha value is -0.0800. The third-order valence-corrected chi connectivity index (χ3v) is 2.17. The maximum absolute atomic E-state index is 3.34. The lowest BCUT2D eigenvalue weighted by atomic mass is 9.92. The van der Waals surface area contributed by atoms with E-state index in [1.165, 1.54) is 12.8 Å². The molecule has 0 radical (unpaired) electrons. The lowest BCUT2D eigenvalue weighted by Crippen LogP contribution is -2.41. The van der Waals surface area contributed by atoms with E-state index in [2.05, 4.69) is 52.4 Å². The fraction of sp³-hybridized carbons (Fsp3) is 1.00. The highest BCUT2D eigenvalue weighted by atomic mass is 15.4. The van der Waals surface area contributed by atoms with E-state index in [9.17, 15) is 0 Å². The molecule has 0 aliphatic carbocycles. The molecule has 0 aromatic carbocycles. The molecule has 2 nitrogen and oxygen atoms in total. The molecule has 0 spiro atoms. The minimum Gasteiger partial charge on any atom is -0.258 e. The van der Waals surface area contributed by atoms with Gasteiger partial charge in [0, 0.05) is 12.6 Å². The summed E-state index contributed by atoms with van der Waals surface area (Å²) in [6.45, 7) is 14.6. The maximum atomic E-state index is 3.34. The molecular weight excluding hydrogens is 172 g/mol. The van der Waals surface area contributed by atoms with E-state index >= 15 is 0 Å². The van der Waals surface area contributed by atoms with Crippen LogP contribution in [0.25, 0.3) is 0 Å². The molecule has 0 rings (SSSR count). The van der Waals surface area contributed by atoms with Crippen LogP contribution in [-0.2, 0) is 0 Å². The van der Waals surface area contributed by atoms with Crippen LogP contribution in [0.3, 0.4) is 0 Å².